The molecule has 5 heteroatoms. The largest absolute Gasteiger partial charge is 0.493 e. The molecule has 0 aromatic heterocycles. The molecule has 2 aliphatic carbocycles. The van der Waals surface area contributed by atoms with E-state index in [2.05, 4.69) is 22.8 Å². The third-order valence-electron chi connectivity index (χ3n) is 6.01. The number of benzene rings is 1. The molecule has 24 heavy (non-hydrogen) atoms. The van der Waals surface area contributed by atoms with Crippen LogP contribution in [0.2, 0.25) is 0 Å². The Bertz CT molecular complexity index is 609. The first-order valence-corrected chi connectivity index (χ1v) is 9.05. The van der Waals surface area contributed by atoms with Gasteiger partial charge in [0.25, 0.3) is 0 Å². The molecule has 3 atom stereocenters. The number of methoxy groups -OCH3 is 1. The number of rotatable bonds is 5. The Hall–Kier alpha value is -1.91. The van der Waals surface area contributed by atoms with Crippen molar-refractivity contribution in [2.45, 2.75) is 31.6 Å². The normalized spacial score (nSPS) is 29.2. The third kappa shape index (κ3) is 3.04. The summed E-state index contributed by atoms with van der Waals surface area (Å²) < 4.78 is 11.7. The van der Waals surface area contributed by atoms with Gasteiger partial charge in [-0.2, -0.15) is 0 Å². The highest BCUT2D eigenvalue weighted by Gasteiger charge is 2.39. The minimum Gasteiger partial charge on any atom is -0.493 e. The lowest BCUT2D eigenvalue weighted by Crippen LogP contribution is -2.47. The summed E-state index contributed by atoms with van der Waals surface area (Å²) in [5.74, 6) is 4.38. The summed E-state index contributed by atoms with van der Waals surface area (Å²) in [7, 11) is 1.68. The fourth-order valence-corrected chi connectivity index (χ4v) is 4.64. The molecule has 0 radical (unpaired) electrons. The molecule has 130 valence electrons. The van der Waals surface area contributed by atoms with Gasteiger partial charge >= 0.3 is 6.03 Å². The molecule has 1 heterocycles. The smallest absolute Gasteiger partial charge is 0.314 e. The topological polar surface area (TPSA) is 59.6 Å². The molecular formula is C19H26N2O3. The van der Waals surface area contributed by atoms with Gasteiger partial charge < -0.3 is 20.1 Å². The zero-order valence-electron chi connectivity index (χ0n) is 14.2. The molecule has 4 rings (SSSR count). The number of carbonyl (C=O) groups is 1. The summed E-state index contributed by atoms with van der Waals surface area (Å²) in [6, 6.07) is 6.03. The molecule has 2 unspecified atom stereocenters. The Kier molecular flexibility index (Phi) is 4.25. The Morgan fingerprint density at radius 3 is 2.62 bits per heavy atom. The van der Waals surface area contributed by atoms with E-state index in [9.17, 15) is 4.79 Å². The van der Waals surface area contributed by atoms with Crippen LogP contribution in [0.3, 0.4) is 0 Å². The van der Waals surface area contributed by atoms with Gasteiger partial charge in [-0.3, -0.25) is 0 Å². The molecule has 5 nitrogen and oxygen atoms in total. The van der Waals surface area contributed by atoms with Crippen molar-refractivity contribution in [3.63, 3.8) is 0 Å². The lowest BCUT2D eigenvalue weighted by molar-refractivity contribution is 0.189. The fourth-order valence-electron chi connectivity index (χ4n) is 4.64. The Morgan fingerprint density at radius 2 is 1.96 bits per heavy atom. The van der Waals surface area contributed by atoms with E-state index in [0.29, 0.717) is 19.0 Å². The van der Waals surface area contributed by atoms with Gasteiger partial charge in [0.2, 0.25) is 0 Å². The van der Waals surface area contributed by atoms with Gasteiger partial charge in [-0.15, -0.1) is 0 Å². The van der Waals surface area contributed by atoms with Crippen LogP contribution in [0.5, 0.6) is 11.5 Å². The van der Waals surface area contributed by atoms with Crippen LogP contribution >= 0.6 is 0 Å². The summed E-state index contributed by atoms with van der Waals surface area (Å²) in [6.07, 6.45) is 5.52. The zero-order valence-corrected chi connectivity index (χ0v) is 14.2. The van der Waals surface area contributed by atoms with Crippen molar-refractivity contribution in [2.75, 3.05) is 26.8 Å². The van der Waals surface area contributed by atoms with Crippen LogP contribution in [0.1, 0.15) is 37.2 Å². The van der Waals surface area contributed by atoms with Crippen molar-refractivity contribution in [3.8, 4) is 11.5 Å². The molecule has 2 N–H and O–H groups in total. The molecule has 1 aliphatic heterocycles. The van der Waals surface area contributed by atoms with Crippen molar-refractivity contribution in [1.82, 2.24) is 10.6 Å². The molecule has 3 aliphatic rings. The fraction of sp³-hybridized carbons (Fsp3) is 0.632. The van der Waals surface area contributed by atoms with Crippen molar-refractivity contribution in [3.05, 3.63) is 23.8 Å². The maximum absolute atomic E-state index is 11.3. The first kappa shape index (κ1) is 15.6. The van der Waals surface area contributed by atoms with E-state index in [1.54, 1.807) is 7.11 Å². The van der Waals surface area contributed by atoms with E-state index in [4.69, 9.17) is 9.47 Å². The van der Waals surface area contributed by atoms with Crippen molar-refractivity contribution in [1.29, 1.82) is 0 Å². The first-order valence-electron chi connectivity index (χ1n) is 9.05. The number of ether oxygens (including phenoxy) is 2. The molecule has 2 saturated carbocycles. The van der Waals surface area contributed by atoms with Gasteiger partial charge in [0.15, 0.2) is 11.5 Å². The van der Waals surface area contributed by atoms with Crippen LogP contribution in [-0.2, 0) is 0 Å². The lowest BCUT2D eigenvalue weighted by Gasteiger charge is -2.25. The third-order valence-corrected chi connectivity index (χ3v) is 6.01. The van der Waals surface area contributed by atoms with Gasteiger partial charge in [-0.05, 0) is 54.7 Å². The monoisotopic (exact) mass is 330 g/mol. The summed E-state index contributed by atoms with van der Waals surface area (Å²) in [6.45, 7) is 2.11. The Morgan fingerprint density at radius 1 is 1.12 bits per heavy atom. The molecule has 2 amide bonds. The molecule has 3 fully saturated rings. The minimum atomic E-state index is -0.0903. The van der Waals surface area contributed by atoms with E-state index in [1.165, 1.54) is 31.2 Å². The van der Waals surface area contributed by atoms with Crippen molar-refractivity contribution < 1.29 is 14.3 Å². The number of hydrogen-bond acceptors (Lipinski definition) is 3. The van der Waals surface area contributed by atoms with E-state index >= 15 is 0 Å². The second kappa shape index (κ2) is 6.54. The molecule has 2 bridgehead atoms. The zero-order chi connectivity index (χ0) is 16.5. The van der Waals surface area contributed by atoms with E-state index in [1.807, 2.05) is 6.07 Å². The average molecular weight is 330 g/mol. The van der Waals surface area contributed by atoms with Crippen LogP contribution in [0.15, 0.2) is 18.2 Å². The molecule has 1 aromatic rings. The van der Waals surface area contributed by atoms with Crippen molar-refractivity contribution in [2.24, 2.45) is 17.8 Å². The summed E-state index contributed by atoms with van der Waals surface area (Å²) >= 11 is 0. The highest BCUT2D eigenvalue weighted by Crippen LogP contribution is 2.48. The van der Waals surface area contributed by atoms with Crippen LogP contribution < -0.4 is 20.1 Å². The second-order valence-corrected chi connectivity index (χ2v) is 7.44. The van der Waals surface area contributed by atoms with Crippen LogP contribution in [0, 0.1) is 17.8 Å². The van der Waals surface area contributed by atoms with E-state index in [-0.39, 0.29) is 11.9 Å². The summed E-state index contributed by atoms with van der Waals surface area (Å²) in [4.78, 5) is 11.3. The van der Waals surface area contributed by atoms with Gasteiger partial charge in [0.05, 0.1) is 13.7 Å². The second-order valence-electron chi connectivity index (χ2n) is 7.44. The number of amides is 2. The van der Waals surface area contributed by atoms with Crippen molar-refractivity contribution >= 4 is 6.03 Å². The minimum absolute atomic E-state index is 0.0903. The predicted molar refractivity (Wildman–Crippen MR) is 91.6 cm³/mol. The molecule has 1 aromatic carbocycles. The first-order chi connectivity index (χ1) is 11.7. The summed E-state index contributed by atoms with van der Waals surface area (Å²) in [5, 5.41) is 5.70. The Labute approximate surface area is 143 Å². The number of nitrogens with one attached hydrogen (secondary N) is 2. The van der Waals surface area contributed by atoms with Gasteiger partial charge in [0.1, 0.15) is 0 Å². The SMILES string of the molecule is COc1ccc(C2CNC(=O)NC2)cc1OC[C@@H]1CC2CCC1C2. The predicted octanol–water partition coefficient (Wildman–Crippen LogP) is 2.91. The maximum Gasteiger partial charge on any atom is 0.314 e. The van der Waals surface area contributed by atoms with E-state index in [0.717, 1.165) is 29.9 Å². The van der Waals surface area contributed by atoms with Crippen LogP contribution in [0.4, 0.5) is 4.79 Å². The van der Waals surface area contributed by atoms with Gasteiger partial charge in [-0.1, -0.05) is 12.5 Å². The standard InChI is InChI=1S/C19H26N2O3/c1-23-17-5-4-14(16-9-20-19(22)21-10-16)8-18(17)24-11-15-7-12-2-3-13(15)6-12/h4-5,8,12-13,15-16H,2-3,6-7,9-11H2,1H3,(H2,20,21,22)/t12?,13?,15-/m0/s1. The van der Waals surface area contributed by atoms with Crippen LogP contribution in [-0.4, -0.2) is 32.8 Å². The number of carbonyl (C=O) groups excluding carboxylic acids is 1. The Balaban J connectivity index is 1.44. The summed E-state index contributed by atoms with van der Waals surface area (Å²) in [5.41, 5.74) is 1.17. The number of hydrogen-bond donors (Lipinski definition) is 2. The highest BCUT2D eigenvalue weighted by molar-refractivity contribution is 5.75. The quantitative estimate of drug-likeness (QED) is 0.873. The molecule has 0 spiro atoms. The maximum atomic E-state index is 11.3. The lowest BCUT2D eigenvalue weighted by atomic mass is 9.89. The highest BCUT2D eigenvalue weighted by atomic mass is 16.5. The molecular weight excluding hydrogens is 304 g/mol. The average Bonchev–Trinajstić information content (AvgIpc) is 3.23. The number of fused-ring (bicyclic) bond motifs is 2. The number of urea groups is 1. The molecule has 1 saturated heterocycles. The van der Waals surface area contributed by atoms with E-state index < -0.39 is 0 Å². The van der Waals surface area contributed by atoms with Gasteiger partial charge in [-0.25, -0.2) is 4.79 Å². The van der Waals surface area contributed by atoms with Gasteiger partial charge in [0, 0.05) is 19.0 Å². The van der Waals surface area contributed by atoms with Crippen LogP contribution in [0.25, 0.3) is 0 Å².